The fraction of sp³-hybridized carbons (Fsp3) is 0.333. The molecule has 0 aliphatic heterocycles. The maximum absolute atomic E-state index is 12.5. The highest BCUT2D eigenvalue weighted by Crippen LogP contribution is 2.15. The highest BCUT2D eigenvalue weighted by Gasteiger charge is 2.15. The van der Waals surface area contributed by atoms with Crippen molar-refractivity contribution in [3.63, 3.8) is 0 Å². The zero-order valence-electron chi connectivity index (χ0n) is 7.43. The van der Waals surface area contributed by atoms with E-state index in [1.54, 1.807) is 0 Å². The predicted molar refractivity (Wildman–Crippen MR) is 53.7 cm³/mol. The lowest BCUT2D eigenvalue weighted by Gasteiger charge is -2.16. The van der Waals surface area contributed by atoms with E-state index in [1.165, 1.54) is 24.3 Å². The molecule has 0 bridgehead atoms. The van der Waals surface area contributed by atoms with Crippen molar-refractivity contribution >= 4 is 12.4 Å². The average Bonchev–Trinajstić information content (AvgIpc) is 2.17. The Morgan fingerprint density at radius 1 is 1.29 bits per heavy atom. The van der Waals surface area contributed by atoms with Crippen LogP contribution < -0.4 is 5.73 Å². The van der Waals surface area contributed by atoms with E-state index in [2.05, 4.69) is 0 Å². The maximum Gasteiger partial charge on any atom is 0.123 e. The van der Waals surface area contributed by atoms with Crippen LogP contribution in [0.5, 0.6) is 0 Å². The average molecular weight is 222 g/mol. The first-order chi connectivity index (χ1) is 6.15. The van der Waals surface area contributed by atoms with Crippen molar-refractivity contribution in [2.75, 3.05) is 6.61 Å². The van der Waals surface area contributed by atoms with Crippen LogP contribution in [-0.2, 0) is 0 Å². The molecular formula is C9H13ClFNO2. The van der Waals surface area contributed by atoms with Gasteiger partial charge < -0.3 is 15.9 Å². The number of rotatable bonds is 3. The monoisotopic (exact) mass is 221 g/mol. The van der Waals surface area contributed by atoms with Crippen LogP contribution in [0.3, 0.4) is 0 Å². The summed E-state index contributed by atoms with van der Waals surface area (Å²) in [7, 11) is 0. The molecule has 1 aromatic rings. The second-order valence-corrected chi connectivity index (χ2v) is 2.84. The molecule has 0 saturated carbocycles. The molecule has 0 radical (unpaired) electrons. The lowest BCUT2D eigenvalue weighted by atomic mass is 10.0. The SMILES string of the molecule is Cl.NC(CO)C(O)c1ccc(F)cc1. The van der Waals surface area contributed by atoms with Crippen LogP contribution in [0.1, 0.15) is 11.7 Å². The van der Waals surface area contributed by atoms with Crippen LogP contribution in [0.15, 0.2) is 24.3 Å². The van der Waals surface area contributed by atoms with E-state index in [-0.39, 0.29) is 24.8 Å². The lowest BCUT2D eigenvalue weighted by Crippen LogP contribution is -2.31. The van der Waals surface area contributed by atoms with Crippen molar-refractivity contribution < 1.29 is 14.6 Å². The second-order valence-electron chi connectivity index (χ2n) is 2.84. The van der Waals surface area contributed by atoms with Gasteiger partial charge in [-0.05, 0) is 17.7 Å². The van der Waals surface area contributed by atoms with E-state index < -0.39 is 12.1 Å². The van der Waals surface area contributed by atoms with E-state index in [1.807, 2.05) is 0 Å². The molecule has 0 aliphatic carbocycles. The van der Waals surface area contributed by atoms with Crippen molar-refractivity contribution in [3.05, 3.63) is 35.6 Å². The summed E-state index contributed by atoms with van der Waals surface area (Å²) in [6, 6.07) is 4.63. The Kier molecular flexibility index (Phi) is 5.64. The minimum absolute atomic E-state index is 0. The summed E-state index contributed by atoms with van der Waals surface area (Å²) in [5, 5.41) is 18.1. The van der Waals surface area contributed by atoms with Gasteiger partial charge >= 0.3 is 0 Å². The van der Waals surface area contributed by atoms with E-state index in [0.717, 1.165) is 0 Å². The van der Waals surface area contributed by atoms with E-state index >= 15 is 0 Å². The fourth-order valence-corrected chi connectivity index (χ4v) is 1.01. The smallest absolute Gasteiger partial charge is 0.123 e. The van der Waals surface area contributed by atoms with Crippen molar-refractivity contribution in [3.8, 4) is 0 Å². The van der Waals surface area contributed by atoms with Crippen LogP contribution in [-0.4, -0.2) is 22.9 Å². The van der Waals surface area contributed by atoms with E-state index in [9.17, 15) is 9.50 Å². The Labute approximate surface area is 87.8 Å². The van der Waals surface area contributed by atoms with Crippen molar-refractivity contribution in [1.82, 2.24) is 0 Å². The summed E-state index contributed by atoms with van der Waals surface area (Å²) in [5.41, 5.74) is 5.90. The number of halogens is 2. The number of hydrogen-bond acceptors (Lipinski definition) is 3. The summed E-state index contributed by atoms with van der Waals surface area (Å²) in [6.45, 7) is -0.307. The van der Waals surface area contributed by atoms with Crippen molar-refractivity contribution in [2.24, 2.45) is 5.73 Å². The normalized spacial score (nSPS) is 14.3. The summed E-state index contributed by atoms with van der Waals surface area (Å²) in [6.07, 6.45) is -0.953. The maximum atomic E-state index is 12.5. The molecule has 2 atom stereocenters. The zero-order valence-corrected chi connectivity index (χ0v) is 8.25. The van der Waals surface area contributed by atoms with Crippen LogP contribution in [0.4, 0.5) is 4.39 Å². The molecule has 0 saturated heterocycles. The summed E-state index contributed by atoms with van der Waals surface area (Å²) in [5.74, 6) is -0.367. The van der Waals surface area contributed by atoms with Gasteiger partial charge in [0.05, 0.1) is 18.8 Å². The Morgan fingerprint density at radius 3 is 2.21 bits per heavy atom. The Hall–Kier alpha value is -0.680. The van der Waals surface area contributed by atoms with Gasteiger partial charge in [0.25, 0.3) is 0 Å². The number of aliphatic hydroxyl groups excluding tert-OH is 2. The van der Waals surface area contributed by atoms with E-state index in [4.69, 9.17) is 10.8 Å². The molecule has 14 heavy (non-hydrogen) atoms. The van der Waals surface area contributed by atoms with Gasteiger partial charge in [0.15, 0.2) is 0 Å². The Morgan fingerprint density at radius 2 is 1.79 bits per heavy atom. The molecule has 0 heterocycles. The number of hydrogen-bond donors (Lipinski definition) is 3. The van der Waals surface area contributed by atoms with Crippen LogP contribution in [0.2, 0.25) is 0 Å². The van der Waals surface area contributed by atoms with Gasteiger partial charge in [-0.25, -0.2) is 4.39 Å². The molecule has 5 heteroatoms. The van der Waals surface area contributed by atoms with Crippen LogP contribution >= 0.6 is 12.4 Å². The molecule has 0 fully saturated rings. The number of aliphatic hydroxyl groups is 2. The molecule has 1 aromatic carbocycles. The zero-order chi connectivity index (χ0) is 9.84. The van der Waals surface area contributed by atoms with Gasteiger partial charge in [-0.1, -0.05) is 12.1 Å². The summed E-state index contributed by atoms with van der Waals surface area (Å²) < 4.78 is 12.5. The largest absolute Gasteiger partial charge is 0.395 e. The van der Waals surface area contributed by atoms with Gasteiger partial charge in [0.1, 0.15) is 5.82 Å². The highest BCUT2D eigenvalue weighted by molar-refractivity contribution is 5.85. The summed E-state index contributed by atoms with van der Waals surface area (Å²) in [4.78, 5) is 0. The van der Waals surface area contributed by atoms with Gasteiger partial charge in [-0.3, -0.25) is 0 Å². The minimum Gasteiger partial charge on any atom is -0.395 e. The quantitative estimate of drug-likeness (QED) is 0.700. The number of benzene rings is 1. The molecule has 0 aliphatic rings. The number of nitrogens with two attached hydrogens (primary N) is 1. The first-order valence-corrected chi connectivity index (χ1v) is 3.95. The lowest BCUT2D eigenvalue weighted by molar-refractivity contribution is 0.109. The fourth-order valence-electron chi connectivity index (χ4n) is 1.01. The molecular weight excluding hydrogens is 209 g/mol. The topological polar surface area (TPSA) is 66.5 Å². The first-order valence-electron chi connectivity index (χ1n) is 3.95. The molecule has 0 amide bonds. The Bertz CT molecular complexity index is 268. The third kappa shape index (κ3) is 3.23. The summed E-state index contributed by atoms with van der Waals surface area (Å²) >= 11 is 0. The highest BCUT2D eigenvalue weighted by atomic mass is 35.5. The second kappa shape index (κ2) is 5.93. The third-order valence-corrected chi connectivity index (χ3v) is 1.83. The minimum atomic E-state index is -0.953. The van der Waals surface area contributed by atoms with E-state index in [0.29, 0.717) is 5.56 Å². The molecule has 3 nitrogen and oxygen atoms in total. The predicted octanol–water partition coefficient (Wildman–Crippen LogP) is 0.601. The van der Waals surface area contributed by atoms with Gasteiger partial charge in [0, 0.05) is 0 Å². The van der Waals surface area contributed by atoms with Crippen LogP contribution in [0.25, 0.3) is 0 Å². The molecule has 0 spiro atoms. The Balaban J connectivity index is 0.00000169. The molecule has 4 N–H and O–H groups in total. The van der Waals surface area contributed by atoms with Gasteiger partial charge in [-0.2, -0.15) is 0 Å². The van der Waals surface area contributed by atoms with Gasteiger partial charge in [-0.15, -0.1) is 12.4 Å². The first kappa shape index (κ1) is 13.3. The molecule has 2 unspecified atom stereocenters. The van der Waals surface area contributed by atoms with Crippen LogP contribution in [0, 0.1) is 5.82 Å². The van der Waals surface area contributed by atoms with Crippen molar-refractivity contribution in [1.29, 1.82) is 0 Å². The standard InChI is InChI=1S/C9H12FNO2.ClH/c10-7-3-1-6(2-4-7)9(13)8(11)5-12;/h1-4,8-9,12-13H,5,11H2;1H. The molecule has 80 valence electrons. The molecule has 1 rings (SSSR count). The third-order valence-electron chi connectivity index (χ3n) is 1.83. The van der Waals surface area contributed by atoms with Crippen molar-refractivity contribution in [2.45, 2.75) is 12.1 Å². The van der Waals surface area contributed by atoms with Gasteiger partial charge in [0.2, 0.25) is 0 Å². The molecule has 0 aromatic heterocycles.